The lowest BCUT2D eigenvalue weighted by Crippen LogP contribution is -2.05. The van der Waals surface area contributed by atoms with Crippen LogP contribution < -0.4 is 23.7 Å². The first-order chi connectivity index (χ1) is 13.2. The van der Waals surface area contributed by atoms with E-state index in [2.05, 4.69) is 4.99 Å². The number of benzene rings is 2. The topological polar surface area (TPSA) is 84.8 Å². The molecule has 0 saturated carbocycles. The largest absolute Gasteiger partial charge is 0.493 e. The molecular formula is C19H13NO7. The second-order valence-corrected chi connectivity index (χ2v) is 5.86. The van der Waals surface area contributed by atoms with Gasteiger partial charge in [-0.2, -0.15) is 0 Å². The van der Waals surface area contributed by atoms with Gasteiger partial charge in [-0.05, 0) is 42.0 Å². The van der Waals surface area contributed by atoms with Crippen molar-refractivity contribution in [1.82, 2.24) is 0 Å². The number of hydrogen-bond acceptors (Lipinski definition) is 8. The second-order valence-electron chi connectivity index (χ2n) is 5.86. The summed E-state index contributed by atoms with van der Waals surface area (Å²) in [5.41, 5.74) is 1.47. The van der Waals surface area contributed by atoms with Crippen LogP contribution in [0.1, 0.15) is 11.1 Å². The van der Waals surface area contributed by atoms with Crippen molar-refractivity contribution in [2.24, 2.45) is 4.99 Å². The van der Waals surface area contributed by atoms with Gasteiger partial charge in [0.25, 0.3) is 0 Å². The SMILES string of the molecule is COc1cc(/C=C2/N=C(c3ccc4c(c3)OCO4)OC2=O)cc2c1OCO2. The van der Waals surface area contributed by atoms with Gasteiger partial charge >= 0.3 is 5.97 Å². The van der Waals surface area contributed by atoms with E-state index in [0.29, 0.717) is 39.9 Å². The number of methoxy groups -OCH3 is 1. The van der Waals surface area contributed by atoms with Gasteiger partial charge in [0.1, 0.15) is 0 Å². The third-order valence-corrected chi connectivity index (χ3v) is 4.22. The molecule has 27 heavy (non-hydrogen) atoms. The molecule has 0 N–H and O–H groups in total. The van der Waals surface area contributed by atoms with E-state index in [1.807, 2.05) is 0 Å². The maximum Gasteiger partial charge on any atom is 0.363 e. The predicted octanol–water partition coefficient (Wildman–Crippen LogP) is 2.50. The Balaban J connectivity index is 1.49. The molecule has 8 nitrogen and oxygen atoms in total. The Labute approximate surface area is 153 Å². The quantitative estimate of drug-likeness (QED) is 0.609. The van der Waals surface area contributed by atoms with Gasteiger partial charge in [0.15, 0.2) is 28.7 Å². The van der Waals surface area contributed by atoms with Gasteiger partial charge < -0.3 is 28.4 Å². The van der Waals surface area contributed by atoms with E-state index in [9.17, 15) is 4.79 Å². The van der Waals surface area contributed by atoms with Crippen LogP contribution in [0.4, 0.5) is 0 Å². The standard InChI is InChI=1S/C19H13NO7/c1-22-15-5-10(6-16-17(15)26-9-25-16)4-12-19(21)27-18(20-12)11-2-3-13-14(7-11)24-8-23-13/h2-7H,8-9H2,1H3/b12-4+. The van der Waals surface area contributed by atoms with Crippen LogP contribution in [0.25, 0.3) is 6.08 Å². The third-order valence-electron chi connectivity index (χ3n) is 4.22. The molecule has 0 aliphatic carbocycles. The molecule has 0 spiro atoms. The number of carbonyl (C=O) groups is 1. The maximum atomic E-state index is 12.2. The summed E-state index contributed by atoms with van der Waals surface area (Å²) < 4.78 is 32.0. The summed E-state index contributed by atoms with van der Waals surface area (Å²) in [6.45, 7) is 0.294. The van der Waals surface area contributed by atoms with Crippen LogP contribution in [-0.4, -0.2) is 32.6 Å². The predicted molar refractivity (Wildman–Crippen MR) is 92.3 cm³/mol. The van der Waals surface area contributed by atoms with Crippen LogP contribution >= 0.6 is 0 Å². The van der Waals surface area contributed by atoms with E-state index in [0.717, 1.165) is 0 Å². The van der Waals surface area contributed by atoms with Crippen molar-refractivity contribution < 1.29 is 33.2 Å². The van der Waals surface area contributed by atoms with Crippen LogP contribution in [-0.2, 0) is 9.53 Å². The number of rotatable bonds is 3. The van der Waals surface area contributed by atoms with Crippen molar-refractivity contribution in [3.8, 4) is 28.7 Å². The fourth-order valence-electron chi connectivity index (χ4n) is 2.95. The molecule has 0 atom stereocenters. The second kappa shape index (κ2) is 5.94. The normalized spacial score (nSPS) is 17.9. The van der Waals surface area contributed by atoms with Crippen molar-refractivity contribution in [3.63, 3.8) is 0 Å². The first-order valence-corrected chi connectivity index (χ1v) is 8.11. The highest BCUT2D eigenvalue weighted by atomic mass is 16.7. The van der Waals surface area contributed by atoms with Crippen LogP contribution in [0.2, 0.25) is 0 Å². The van der Waals surface area contributed by atoms with Gasteiger partial charge in [0, 0.05) is 5.56 Å². The minimum atomic E-state index is -0.542. The zero-order valence-electron chi connectivity index (χ0n) is 14.2. The van der Waals surface area contributed by atoms with Gasteiger partial charge in [-0.3, -0.25) is 0 Å². The molecular weight excluding hydrogens is 354 g/mol. The highest BCUT2D eigenvalue weighted by molar-refractivity contribution is 6.13. The molecule has 8 heteroatoms. The number of hydrogen-bond donors (Lipinski definition) is 0. The molecule has 0 fully saturated rings. The molecule has 5 rings (SSSR count). The highest BCUT2D eigenvalue weighted by Gasteiger charge is 2.27. The van der Waals surface area contributed by atoms with E-state index >= 15 is 0 Å². The molecule has 3 heterocycles. The van der Waals surface area contributed by atoms with Gasteiger partial charge in [0.05, 0.1) is 7.11 Å². The summed E-state index contributed by atoms with van der Waals surface area (Å²) in [6, 6.07) is 8.71. The summed E-state index contributed by atoms with van der Waals surface area (Å²) >= 11 is 0. The van der Waals surface area contributed by atoms with E-state index in [-0.39, 0.29) is 25.2 Å². The number of nitrogens with zero attached hydrogens (tertiary/aromatic N) is 1. The monoisotopic (exact) mass is 367 g/mol. The molecule has 2 aromatic rings. The Hall–Kier alpha value is -3.68. The van der Waals surface area contributed by atoms with Crippen molar-refractivity contribution in [2.45, 2.75) is 0 Å². The maximum absolute atomic E-state index is 12.2. The number of aliphatic imine (C=N–C) groups is 1. The first kappa shape index (κ1) is 15.6. The highest BCUT2D eigenvalue weighted by Crippen LogP contribution is 2.42. The van der Waals surface area contributed by atoms with E-state index in [1.54, 1.807) is 36.4 Å². The van der Waals surface area contributed by atoms with Gasteiger partial charge in [-0.1, -0.05) is 0 Å². The number of carbonyl (C=O) groups excluding carboxylic acids is 1. The van der Waals surface area contributed by atoms with Crippen molar-refractivity contribution in [1.29, 1.82) is 0 Å². The lowest BCUT2D eigenvalue weighted by atomic mass is 10.1. The van der Waals surface area contributed by atoms with Crippen molar-refractivity contribution in [3.05, 3.63) is 47.2 Å². The van der Waals surface area contributed by atoms with Gasteiger partial charge in [0.2, 0.25) is 25.2 Å². The molecule has 3 aliphatic heterocycles. The summed E-state index contributed by atoms with van der Waals surface area (Å²) in [4.78, 5) is 16.5. The average molecular weight is 367 g/mol. The van der Waals surface area contributed by atoms with Gasteiger partial charge in [-0.15, -0.1) is 0 Å². The number of cyclic esters (lactones) is 1. The molecule has 0 unspecified atom stereocenters. The minimum Gasteiger partial charge on any atom is -0.493 e. The minimum absolute atomic E-state index is 0.125. The molecule has 136 valence electrons. The summed E-state index contributed by atoms with van der Waals surface area (Å²) in [7, 11) is 1.54. The Kier molecular flexibility index (Phi) is 3.43. The van der Waals surface area contributed by atoms with Crippen LogP contribution in [0.5, 0.6) is 28.7 Å². The Morgan fingerprint density at radius 2 is 1.81 bits per heavy atom. The Bertz CT molecular complexity index is 1020. The number of fused-ring (bicyclic) bond motifs is 2. The lowest BCUT2D eigenvalue weighted by Gasteiger charge is -2.05. The lowest BCUT2D eigenvalue weighted by molar-refractivity contribution is -0.129. The first-order valence-electron chi connectivity index (χ1n) is 8.11. The zero-order chi connectivity index (χ0) is 18.4. The van der Waals surface area contributed by atoms with E-state index in [1.165, 1.54) is 7.11 Å². The number of esters is 1. The van der Waals surface area contributed by atoms with Gasteiger partial charge in [-0.25, -0.2) is 9.79 Å². The molecule has 3 aliphatic rings. The van der Waals surface area contributed by atoms with E-state index in [4.69, 9.17) is 28.4 Å². The van der Waals surface area contributed by atoms with Crippen molar-refractivity contribution in [2.75, 3.05) is 20.7 Å². The smallest absolute Gasteiger partial charge is 0.363 e. The van der Waals surface area contributed by atoms with Crippen LogP contribution in [0.15, 0.2) is 41.0 Å². The number of ether oxygens (including phenoxy) is 6. The summed E-state index contributed by atoms with van der Waals surface area (Å²) in [6.07, 6.45) is 1.60. The fraction of sp³-hybridized carbons (Fsp3) is 0.158. The Morgan fingerprint density at radius 1 is 1.00 bits per heavy atom. The molecule has 0 radical (unpaired) electrons. The summed E-state index contributed by atoms with van der Waals surface area (Å²) in [5.74, 6) is 2.50. The van der Waals surface area contributed by atoms with Crippen LogP contribution in [0.3, 0.4) is 0 Å². The fourth-order valence-corrected chi connectivity index (χ4v) is 2.95. The van der Waals surface area contributed by atoms with E-state index < -0.39 is 5.97 Å². The zero-order valence-corrected chi connectivity index (χ0v) is 14.2. The molecule has 0 saturated heterocycles. The molecule has 0 aromatic heterocycles. The van der Waals surface area contributed by atoms with Crippen molar-refractivity contribution >= 4 is 17.9 Å². The molecule has 2 aromatic carbocycles. The third kappa shape index (κ3) is 2.62. The molecule has 0 bridgehead atoms. The summed E-state index contributed by atoms with van der Waals surface area (Å²) in [5, 5.41) is 0. The average Bonchev–Trinajstić information content (AvgIpc) is 3.40. The molecule has 0 amide bonds. The Morgan fingerprint density at radius 3 is 2.70 bits per heavy atom. The van der Waals surface area contributed by atoms with Crippen LogP contribution in [0, 0.1) is 0 Å².